The topological polar surface area (TPSA) is 46.2 Å². The van der Waals surface area contributed by atoms with Crippen LogP contribution in [0.25, 0.3) is 0 Å². The highest BCUT2D eigenvalue weighted by Gasteiger charge is 2.20. The van der Waals surface area contributed by atoms with Crippen molar-refractivity contribution in [2.45, 2.75) is 24.1 Å². The molecule has 0 aromatic carbocycles. The summed E-state index contributed by atoms with van der Waals surface area (Å²) in [6.45, 7) is 3.74. The summed E-state index contributed by atoms with van der Waals surface area (Å²) >= 11 is 6.19. The van der Waals surface area contributed by atoms with Crippen LogP contribution in [0.2, 0.25) is 0 Å². The van der Waals surface area contributed by atoms with Gasteiger partial charge in [-0.05, 0) is 47.7 Å². The molecule has 0 aliphatic heterocycles. The van der Waals surface area contributed by atoms with Gasteiger partial charge in [-0.3, -0.25) is 0 Å². The summed E-state index contributed by atoms with van der Waals surface area (Å²) in [6.07, 6.45) is 1.96. The van der Waals surface area contributed by atoms with Crippen molar-refractivity contribution in [3.8, 4) is 0 Å². The predicted octanol–water partition coefficient (Wildman–Crippen LogP) is 2.85. The van der Waals surface area contributed by atoms with E-state index in [0.29, 0.717) is 4.21 Å². The van der Waals surface area contributed by atoms with Gasteiger partial charge in [-0.2, -0.15) is 11.8 Å². The van der Waals surface area contributed by atoms with Crippen molar-refractivity contribution >= 4 is 49.1 Å². The smallest absolute Gasteiger partial charge is 0.207 e. The van der Waals surface area contributed by atoms with E-state index in [1.165, 1.54) is 11.3 Å². The molecule has 1 N–H and O–H groups in total. The third kappa shape index (κ3) is 3.73. The average molecular weight is 344 g/mol. The number of thiophene rings is 1. The quantitative estimate of drug-likeness (QED) is 0.893. The molecule has 0 spiro atoms. The maximum atomic E-state index is 12.0. The lowest BCUT2D eigenvalue weighted by Crippen LogP contribution is -2.33. The van der Waals surface area contributed by atoms with Gasteiger partial charge in [-0.1, -0.05) is 0 Å². The molecular formula is C9H14BrNO2S3. The first-order valence-corrected chi connectivity index (χ1v) is 9.12. The van der Waals surface area contributed by atoms with Crippen molar-refractivity contribution in [3.05, 3.63) is 15.4 Å². The molecule has 1 aromatic heterocycles. The number of halogens is 1. The molecule has 0 fully saturated rings. The summed E-state index contributed by atoms with van der Waals surface area (Å²) in [7, 11) is -3.36. The number of sulfonamides is 1. The van der Waals surface area contributed by atoms with Crippen molar-refractivity contribution < 1.29 is 8.42 Å². The molecule has 1 unspecified atom stereocenters. The second-order valence-corrected chi connectivity index (χ2v) is 8.72. The second-order valence-electron chi connectivity index (χ2n) is 3.50. The standard InChI is InChI=1S/C9H14BrNO2S3/c1-6-4-8(15-9(6)10)16(12,13)11-7(2)5-14-3/h4,7,11H,5H2,1-3H3. The number of nitrogens with one attached hydrogen (secondary N) is 1. The zero-order valence-electron chi connectivity index (χ0n) is 9.28. The molecule has 0 saturated heterocycles. The Balaban J connectivity index is 2.86. The number of aryl methyl sites for hydroxylation is 1. The van der Waals surface area contributed by atoms with Crippen LogP contribution in [0.15, 0.2) is 14.1 Å². The Labute approximate surface area is 113 Å². The molecular weight excluding hydrogens is 330 g/mol. The van der Waals surface area contributed by atoms with Gasteiger partial charge in [0, 0.05) is 11.8 Å². The summed E-state index contributed by atoms with van der Waals surface area (Å²) in [5, 5.41) is 0. The highest BCUT2D eigenvalue weighted by Crippen LogP contribution is 2.30. The summed E-state index contributed by atoms with van der Waals surface area (Å²) in [5.74, 6) is 0.769. The first-order chi connectivity index (χ1) is 7.36. The maximum absolute atomic E-state index is 12.0. The van der Waals surface area contributed by atoms with Crippen LogP contribution in [0, 0.1) is 6.92 Å². The average Bonchev–Trinajstić information content (AvgIpc) is 2.47. The molecule has 1 heterocycles. The van der Waals surface area contributed by atoms with Crippen molar-refractivity contribution in [2.75, 3.05) is 12.0 Å². The molecule has 3 nitrogen and oxygen atoms in total. The van der Waals surface area contributed by atoms with Gasteiger partial charge in [-0.15, -0.1) is 11.3 Å². The molecule has 0 bridgehead atoms. The van der Waals surface area contributed by atoms with E-state index < -0.39 is 10.0 Å². The minimum atomic E-state index is -3.36. The Kier molecular flexibility index (Phi) is 5.31. The third-order valence-electron chi connectivity index (χ3n) is 1.87. The number of thioether (sulfide) groups is 1. The molecule has 7 heteroatoms. The monoisotopic (exact) mass is 343 g/mol. The zero-order valence-corrected chi connectivity index (χ0v) is 13.3. The van der Waals surface area contributed by atoms with Crippen molar-refractivity contribution in [3.63, 3.8) is 0 Å². The Morgan fingerprint density at radius 3 is 2.69 bits per heavy atom. The van der Waals surface area contributed by atoms with Gasteiger partial charge in [-0.25, -0.2) is 13.1 Å². The lowest BCUT2D eigenvalue weighted by atomic mass is 10.4. The van der Waals surface area contributed by atoms with Crippen molar-refractivity contribution in [1.82, 2.24) is 4.72 Å². The SMILES string of the molecule is CSCC(C)NS(=O)(=O)c1cc(C)c(Br)s1. The Hall–Kier alpha value is 0.440. The van der Waals surface area contributed by atoms with E-state index in [1.807, 2.05) is 20.1 Å². The van der Waals surface area contributed by atoms with E-state index in [-0.39, 0.29) is 6.04 Å². The van der Waals surface area contributed by atoms with E-state index in [2.05, 4.69) is 20.7 Å². The lowest BCUT2D eigenvalue weighted by molar-refractivity contribution is 0.573. The molecule has 92 valence electrons. The van der Waals surface area contributed by atoms with Gasteiger partial charge in [0.2, 0.25) is 10.0 Å². The number of hydrogen-bond acceptors (Lipinski definition) is 4. The zero-order chi connectivity index (χ0) is 12.3. The molecule has 0 aliphatic carbocycles. The molecule has 0 aliphatic rings. The summed E-state index contributed by atoms with van der Waals surface area (Å²) < 4.78 is 27.8. The van der Waals surface area contributed by atoms with Crippen LogP contribution in [-0.2, 0) is 10.0 Å². The molecule has 16 heavy (non-hydrogen) atoms. The Morgan fingerprint density at radius 1 is 1.62 bits per heavy atom. The van der Waals surface area contributed by atoms with Gasteiger partial charge in [0.1, 0.15) is 4.21 Å². The highest BCUT2D eigenvalue weighted by atomic mass is 79.9. The Morgan fingerprint density at radius 2 is 2.25 bits per heavy atom. The van der Waals surface area contributed by atoms with Gasteiger partial charge < -0.3 is 0 Å². The predicted molar refractivity (Wildman–Crippen MR) is 74.9 cm³/mol. The summed E-state index contributed by atoms with van der Waals surface area (Å²) in [4.78, 5) is 0. The summed E-state index contributed by atoms with van der Waals surface area (Å²) in [5.41, 5.74) is 0.947. The van der Waals surface area contributed by atoms with Crippen molar-refractivity contribution in [1.29, 1.82) is 0 Å². The molecule has 1 aromatic rings. The van der Waals surface area contributed by atoms with E-state index in [1.54, 1.807) is 17.8 Å². The first-order valence-electron chi connectivity index (χ1n) is 4.64. The third-order valence-corrected chi connectivity index (χ3v) is 6.91. The van der Waals surface area contributed by atoms with Gasteiger partial charge in [0.25, 0.3) is 0 Å². The van der Waals surface area contributed by atoms with Crippen LogP contribution in [0.4, 0.5) is 0 Å². The summed E-state index contributed by atoms with van der Waals surface area (Å²) in [6, 6.07) is 1.63. The first kappa shape index (κ1) is 14.5. The van der Waals surface area contributed by atoms with Crippen LogP contribution in [0.1, 0.15) is 12.5 Å². The fraction of sp³-hybridized carbons (Fsp3) is 0.556. The number of rotatable bonds is 5. The molecule has 0 radical (unpaired) electrons. The molecule has 1 rings (SSSR count). The van der Waals surface area contributed by atoms with Crippen LogP contribution < -0.4 is 4.72 Å². The van der Waals surface area contributed by atoms with Gasteiger partial charge >= 0.3 is 0 Å². The second kappa shape index (κ2) is 5.86. The van der Waals surface area contributed by atoms with E-state index in [4.69, 9.17) is 0 Å². The lowest BCUT2D eigenvalue weighted by Gasteiger charge is -2.11. The molecule has 1 atom stereocenters. The van der Waals surface area contributed by atoms with Crippen LogP contribution in [0.3, 0.4) is 0 Å². The molecule has 0 amide bonds. The maximum Gasteiger partial charge on any atom is 0.250 e. The largest absolute Gasteiger partial charge is 0.250 e. The van der Waals surface area contributed by atoms with E-state index in [0.717, 1.165) is 15.1 Å². The fourth-order valence-electron chi connectivity index (χ4n) is 1.17. The van der Waals surface area contributed by atoms with E-state index >= 15 is 0 Å². The van der Waals surface area contributed by atoms with Gasteiger partial charge in [0.05, 0.1) is 3.79 Å². The van der Waals surface area contributed by atoms with Crippen molar-refractivity contribution in [2.24, 2.45) is 0 Å². The minimum absolute atomic E-state index is 0.0545. The normalized spacial score (nSPS) is 14.0. The van der Waals surface area contributed by atoms with Crippen LogP contribution in [0.5, 0.6) is 0 Å². The minimum Gasteiger partial charge on any atom is -0.207 e. The van der Waals surface area contributed by atoms with E-state index in [9.17, 15) is 8.42 Å². The van der Waals surface area contributed by atoms with Crippen LogP contribution in [-0.4, -0.2) is 26.5 Å². The highest BCUT2D eigenvalue weighted by molar-refractivity contribution is 9.11. The fourth-order valence-corrected chi connectivity index (χ4v) is 5.35. The van der Waals surface area contributed by atoms with Crippen LogP contribution >= 0.6 is 39.0 Å². The molecule has 0 saturated carbocycles. The Bertz CT molecular complexity index is 436. The number of hydrogen-bond donors (Lipinski definition) is 1. The van der Waals surface area contributed by atoms with Gasteiger partial charge in [0.15, 0.2) is 0 Å².